The van der Waals surface area contributed by atoms with Gasteiger partial charge >= 0.3 is 0 Å². The minimum atomic E-state index is 0.0119. The van der Waals surface area contributed by atoms with Crippen LogP contribution in [0.5, 0.6) is 0 Å². The predicted octanol–water partition coefficient (Wildman–Crippen LogP) is 3.31. The van der Waals surface area contributed by atoms with Crippen LogP contribution >= 0.6 is 0 Å². The number of hydrogen-bond acceptors (Lipinski definition) is 2. The van der Waals surface area contributed by atoms with Crippen molar-refractivity contribution in [1.29, 1.82) is 0 Å². The molecule has 0 aliphatic carbocycles. The van der Waals surface area contributed by atoms with Crippen LogP contribution in [0.2, 0.25) is 0 Å². The Balaban J connectivity index is 2.18. The minimum Gasteiger partial charge on any atom is -0.380 e. The zero-order valence-electron chi connectivity index (χ0n) is 12.2. The number of para-hydroxylation sites is 1. The van der Waals surface area contributed by atoms with Crippen molar-refractivity contribution in [3.05, 3.63) is 65.2 Å². The van der Waals surface area contributed by atoms with Crippen LogP contribution in [-0.4, -0.2) is 24.9 Å². The zero-order valence-corrected chi connectivity index (χ0v) is 12.2. The topological polar surface area (TPSA) is 32.3 Å². The van der Waals surface area contributed by atoms with Gasteiger partial charge in [-0.2, -0.15) is 0 Å². The van der Waals surface area contributed by atoms with Crippen LogP contribution in [0.1, 0.15) is 21.5 Å². The summed E-state index contributed by atoms with van der Waals surface area (Å²) >= 11 is 0. The van der Waals surface area contributed by atoms with Crippen LogP contribution in [0.3, 0.4) is 0 Å². The number of benzene rings is 2. The van der Waals surface area contributed by atoms with Gasteiger partial charge < -0.3 is 10.2 Å². The van der Waals surface area contributed by atoms with Crippen molar-refractivity contribution in [3.63, 3.8) is 0 Å². The van der Waals surface area contributed by atoms with Gasteiger partial charge in [0.2, 0.25) is 0 Å². The lowest BCUT2D eigenvalue weighted by Gasteiger charge is -2.16. The second kappa shape index (κ2) is 6.24. The Morgan fingerprint density at radius 3 is 2.40 bits per heavy atom. The number of carbonyl (C=O) groups excluding carboxylic acids is 1. The average molecular weight is 268 g/mol. The molecule has 0 aromatic heterocycles. The first-order chi connectivity index (χ1) is 9.59. The quantitative estimate of drug-likeness (QED) is 0.922. The van der Waals surface area contributed by atoms with Gasteiger partial charge in [-0.05, 0) is 30.2 Å². The summed E-state index contributed by atoms with van der Waals surface area (Å²) in [6, 6.07) is 15.9. The van der Waals surface area contributed by atoms with E-state index in [1.807, 2.05) is 36.4 Å². The highest BCUT2D eigenvalue weighted by Crippen LogP contribution is 2.18. The van der Waals surface area contributed by atoms with Crippen molar-refractivity contribution >= 4 is 11.6 Å². The molecule has 0 radical (unpaired) electrons. The molecule has 3 nitrogen and oxygen atoms in total. The van der Waals surface area contributed by atoms with Gasteiger partial charge in [-0.25, -0.2) is 0 Å². The van der Waals surface area contributed by atoms with Crippen molar-refractivity contribution in [2.24, 2.45) is 0 Å². The van der Waals surface area contributed by atoms with Gasteiger partial charge in [-0.15, -0.1) is 0 Å². The smallest absolute Gasteiger partial charge is 0.255 e. The van der Waals surface area contributed by atoms with E-state index in [2.05, 4.69) is 24.4 Å². The van der Waals surface area contributed by atoms with E-state index in [0.717, 1.165) is 5.69 Å². The Bertz CT molecular complexity index is 605. The van der Waals surface area contributed by atoms with E-state index in [1.54, 1.807) is 19.0 Å². The second-order valence-corrected chi connectivity index (χ2v) is 5.03. The summed E-state index contributed by atoms with van der Waals surface area (Å²) in [5.74, 6) is 0.0119. The first-order valence-electron chi connectivity index (χ1n) is 6.68. The van der Waals surface area contributed by atoms with Crippen molar-refractivity contribution in [3.8, 4) is 0 Å². The lowest BCUT2D eigenvalue weighted by Crippen LogP contribution is -2.22. The monoisotopic (exact) mass is 268 g/mol. The zero-order chi connectivity index (χ0) is 14.5. The van der Waals surface area contributed by atoms with Gasteiger partial charge in [0.15, 0.2) is 0 Å². The van der Waals surface area contributed by atoms with Crippen LogP contribution in [0, 0.1) is 6.92 Å². The van der Waals surface area contributed by atoms with E-state index >= 15 is 0 Å². The molecule has 0 bridgehead atoms. The van der Waals surface area contributed by atoms with Crippen molar-refractivity contribution in [2.75, 3.05) is 19.4 Å². The molecule has 1 amide bonds. The molecule has 0 unspecified atom stereocenters. The van der Waals surface area contributed by atoms with E-state index in [9.17, 15) is 4.79 Å². The fourth-order valence-corrected chi connectivity index (χ4v) is 2.06. The standard InChI is InChI=1S/C17H20N2O/c1-13-8-4-5-9-14(13)12-18-16-11-7-6-10-15(16)17(20)19(2)3/h4-11,18H,12H2,1-3H3. The summed E-state index contributed by atoms with van der Waals surface area (Å²) in [6.07, 6.45) is 0. The second-order valence-electron chi connectivity index (χ2n) is 5.03. The summed E-state index contributed by atoms with van der Waals surface area (Å²) in [6.45, 7) is 2.80. The molecule has 0 fully saturated rings. The van der Waals surface area contributed by atoms with Gasteiger partial charge in [0.1, 0.15) is 0 Å². The number of rotatable bonds is 4. The molecule has 0 heterocycles. The number of anilines is 1. The molecule has 0 saturated carbocycles. The van der Waals surface area contributed by atoms with E-state index in [-0.39, 0.29) is 5.91 Å². The largest absolute Gasteiger partial charge is 0.380 e. The molecule has 104 valence electrons. The fraction of sp³-hybridized carbons (Fsp3) is 0.235. The molecule has 20 heavy (non-hydrogen) atoms. The molecule has 3 heteroatoms. The molecule has 2 aromatic carbocycles. The highest BCUT2D eigenvalue weighted by molar-refractivity contribution is 5.99. The van der Waals surface area contributed by atoms with Crippen LogP contribution in [0.25, 0.3) is 0 Å². The van der Waals surface area contributed by atoms with Crippen LogP contribution in [0.15, 0.2) is 48.5 Å². The summed E-state index contributed by atoms with van der Waals surface area (Å²) in [5.41, 5.74) is 4.05. The Morgan fingerprint density at radius 1 is 1.05 bits per heavy atom. The lowest BCUT2D eigenvalue weighted by molar-refractivity contribution is 0.0828. The Kier molecular flexibility index (Phi) is 4.41. The molecule has 0 spiro atoms. The van der Waals surface area contributed by atoms with Gasteiger partial charge in [0.25, 0.3) is 5.91 Å². The number of hydrogen-bond donors (Lipinski definition) is 1. The van der Waals surface area contributed by atoms with Gasteiger partial charge in [-0.3, -0.25) is 4.79 Å². The molecule has 0 aliphatic rings. The molecular weight excluding hydrogens is 248 g/mol. The van der Waals surface area contributed by atoms with Crippen molar-refractivity contribution in [1.82, 2.24) is 4.90 Å². The maximum atomic E-state index is 12.1. The molecule has 2 aromatic rings. The minimum absolute atomic E-state index is 0.0119. The summed E-state index contributed by atoms with van der Waals surface area (Å²) in [5, 5.41) is 3.36. The number of carbonyl (C=O) groups is 1. The molecule has 0 atom stereocenters. The fourth-order valence-electron chi connectivity index (χ4n) is 2.06. The number of amides is 1. The highest BCUT2D eigenvalue weighted by Gasteiger charge is 2.12. The van der Waals surface area contributed by atoms with Gasteiger partial charge in [0.05, 0.1) is 5.56 Å². The van der Waals surface area contributed by atoms with Crippen LogP contribution in [0.4, 0.5) is 5.69 Å². The molecular formula is C17H20N2O. The van der Waals surface area contributed by atoms with E-state index in [1.165, 1.54) is 11.1 Å². The maximum Gasteiger partial charge on any atom is 0.255 e. The average Bonchev–Trinajstić information content (AvgIpc) is 2.46. The third-order valence-electron chi connectivity index (χ3n) is 3.29. The molecule has 0 saturated heterocycles. The van der Waals surface area contributed by atoms with E-state index < -0.39 is 0 Å². The summed E-state index contributed by atoms with van der Waals surface area (Å²) < 4.78 is 0. The van der Waals surface area contributed by atoms with E-state index in [0.29, 0.717) is 12.1 Å². The Morgan fingerprint density at radius 2 is 1.70 bits per heavy atom. The van der Waals surface area contributed by atoms with Crippen molar-refractivity contribution in [2.45, 2.75) is 13.5 Å². The van der Waals surface area contributed by atoms with Gasteiger partial charge in [-0.1, -0.05) is 36.4 Å². The molecule has 0 aliphatic heterocycles. The van der Waals surface area contributed by atoms with Crippen LogP contribution in [-0.2, 0) is 6.54 Å². The number of nitrogens with zero attached hydrogens (tertiary/aromatic N) is 1. The van der Waals surface area contributed by atoms with Crippen molar-refractivity contribution < 1.29 is 4.79 Å². The lowest BCUT2D eigenvalue weighted by atomic mass is 10.1. The first kappa shape index (κ1) is 14.1. The number of nitrogens with one attached hydrogen (secondary N) is 1. The first-order valence-corrected chi connectivity index (χ1v) is 6.68. The Labute approximate surface area is 120 Å². The molecule has 2 rings (SSSR count). The SMILES string of the molecule is Cc1ccccc1CNc1ccccc1C(=O)N(C)C. The third-order valence-corrected chi connectivity index (χ3v) is 3.29. The third kappa shape index (κ3) is 3.18. The summed E-state index contributed by atoms with van der Waals surface area (Å²) in [4.78, 5) is 13.7. The predicted molar refractivity (Wildman–Crippen MR) is 83.0 cm³/mol. The van der Waals surface area contributed by atoms with Gasteiger partial charge in [0, 0.05) is 26.3 Å². The highest BCUT2D eigenvalue weighted by atomic mass is 16.2. The maximum absolute atomic E-state index is 12.1. The Hall–Kier alpha value is -2.29. The summed E-state index contributed by atoms with van der Waals surface area (Å²) in [7, 11) is 3.53. The van der Waals surface area contributed by atoms with Crippen LogP contribution < -0.4 is 5.32 Å². The number of aryl methyl sites for hydroxylation is 1. The normalized spacial score (nSPS) is 10.2. The van der Waals surface area contributed by atoms with E-state index in [4.69, 9.17) is 0 Å². The molecule has 1 N–H and O–H groups in total.